The first-order valence-electron chi connectivity index (χ1n) is 8.74. The van der Waals surface area contributed by atoms with Crippen molar-refractivity contribution in [2.75, 3.05) is 19.6 Å². The van der Waals surface area contributed by atoms with Gasteiger partial charge in [-0.25, -0.2) is 17.9 Å². The summed E-state index contributed by atoms with van der Waals surface area (Å²) in [6, 6.07) is 6.75. The van der Waals surface area contributed by atoms with E-state index in [0.29, 0.717) is 30.2 Å². The summed E-state index contributed by atoms with van der Waals surface area (Å²) in [7, 11) is -3.44. The van der Waals surface area contributed by atoms with E-state index >= 15 is 0 Å². The van der Waals surface area contributed by atoms with E-state index in [1.54, 1.807) is 29.2 Å². The van der Waals surface area contributed by atoms with Crippen LogP contribution in [-0.2, 0) is 20.5 Å². The Kier molecular flexibility index (Phi) is 6.93. The normalized spacial score (nSPS) is 18.6. The molecule has 0 aromatic heterocycles. The Morgan fingerprint density at radius 2 is 1.96 bits per heavy atom. The van der Waals surface area contributed by atoms with Gasteiger partial charge in [-0.05, 0) is 57.2 Å². The monoisotopic (exact) mass is 402 g/mol. The summed E-state index contributed by atoms with van der Waals surface area (Å²) in [5, 5.41) is 0.573. The van der Waals surface area contributed by atoms with Gasteiger partial charge in [0.25, 0.3) is 0 Å². The summed E-state index contributed by atoms with van der Waals surface area (Å²) in [5.41, 5.74) is 0.144. The molecule has 6 nitrogen and oxygen atoms in total. The molecule has 1 aromatic rings. The summed E-state index contributed by atoms with van der Waals surface area (Å²) in [5.74, 6) is -0.0107. The Balaban J connectivity index is 1.86. The molecule has 8 heteroatoms. The van der Waals surface area contributed by atoms with E-state index in [0.717, 1.165) is 12.8 Å². The second-order valence-corrected chi connectivity index (χ2v) is 9.91. The van der Waals surface area contributed by atoms with Gasteiger partial charge in [0.05, 0.1) is 5.75 Å². The van der Waals surface area contributed by atoms with E-state index in [1.165, 1.54) is 0 Å². The Hall–Kier alpha value is -1.31. The Morgan fingerprint density at radius 3 is 2.58 bits per heavy atom. The number of nitrogens with one attached hydrogen (secondary N) is 1. The van der Waals surface area contributed by atoms with Gasteiger partial charge >= 0.3 is 6.09 Å². The maximum atomic E-state index is 12.3. The SMILES string of the molecule is CC(C)(C)OC(=O)N1CCC[C@H](CNS(=O)(=O)Cc2ccc(Cl)cc2)C1. The van der Waals surface area contributed by atoms with E-state index in [1.807, 2.05) is 20.8 Å². The van der Waals surface area contributed by atoms with E-state index < -0.39 is 15.6 Å². The zero-order chi connectivity index (χ0) is 19.4. The summed E-state index contributed by atoms with van der Waals surface area (Å²) < 4.78 is 32.6. The number of rotatable bonds is 5. The summed E-state index contributed by atoms with van der Waals surface area (Å²) in [6.07, 6.45) is 1.37. The largest absolute Gasteiger partial charge is 0.444 e. The van der Waals surface area contributed by atoms with Gasteiger partial charge in [0.2, 0.25) is 10.0 Å². The lowest BCUT2D eigenvalue weighted by Crippen LogP contribution is -2.45. The highest BCUT2D eigenvalue weighted by molar-refractivity contribution is 7.88. The topological polar surface area (TPSA) is 75.7 Å². The minimum atomic E-state index is -3.44. The van der Waals surface area contributed by atoms with Crippen molar-refractivity contribution < 1.29 is 17.9 Å². The standard InChI is InChI=1S/C18H27ClN2O4S/c1-18(2,3)25-17(22)21-10-4-5-15(12-21)11-20-26(23,24)13-14-6-8-16(19)9-7-14/h6-9,15,20H,4-5,10-13H2,1-3H3/t15-/m1/s1. The van der Waals surface area contributed by atoms with Crippen LogP contribution in [0.1, 0.15) is 39.2 Å². The quantitative estimate of drug-likeness (QED) is 0.818. The van der Waals surface area contributed by atoms with Gasteiger partial charge < -0.3 is 9.64 Å². The fourth-order valence-electron chi connectivity index (χ4n) is 2.82. The lowest BCUT2D eigenvalue weighted by atomic mass is 9.99. The third-order valence-corrected chi connectivity index (χ3v) is 5.60. The van der Waals surface area contributed by atoms with Crippen molar-refractivity contribution >= 4 is 27.7 Å². The van der Waals surface area contributed by atoms with Crippen LogP contribution in [0.4, 0.5) is 4.79 Å². The van der Waals surface area contributed by atoms with Crippen LogP contribution in [0.15, 0.2) is 24.3 Å². The van der Waals surface area contributed by atoms with Crippen LogP contribution in [0.2, 0.25) is 5.02 Å². The Bertz CT molecular complexity index is 714. The van der Waals surface area contributed by atoms with Crippen molar-refractivity contribution in [1.82, 2.24) is 9.62 Å². The van der Waals surface area contributed by atoms with Crippen LogP contribution >= 0.6 is 11.6 Å². The summed E-state index contributed by atoms with van der Waals surface area (Å²) in [6.45, 7) is 6.95. The molecule has 1 N–H and O–H groups in total. The van der Waals surface area contributed by atoms with Gasteiger partial charge in [-0.3, -0.25) is 0 Å². The van der Waals surface area contributed by atoms with Crippen molar-refractivity contribution in [3.63, 3.8) is 0 Å². The fourth-order valence-corrected chi connectivity index (χ4v) is 4.17. The number of likely N-dealkylation sites (tertiary alicyclic amines) is 1. The number of ether oxygens (including phenoxy) is 1. The zero-order valence-corrected chi connectivity index (χ0v) is 17.1. The Morgan fingerprint density at radius 1 is 1.31 bits per heavy atom. The molecule has 1 aromatic carbocycles. The lowest BCUT2D eigenvalue weighted by Gasteiger charge is -2.34. The van der Waals surface area contributed by atoms with Crippen LogP contribution in [0.3, 0.4) is 0 Å². The second kappa shape index (κ2) is 8.59. The lowest BCUT2D eigenvalue weighted by molar-refractivity contribution is 0.0169. The van der Waals surface area contributed by atoms with Crippen molar-refractivity contribution in [2.24, 2.45) is 5.92 Å². The van der Waals surface area contributed by atoms with Crippen LogP contribution in [0.5, 0.6) is 0 Å². The molecule has 1 atom stereocenters. The molecule has 0 bridgehead atoms. The molecule has 1 saturated heterocycles. The predicted molar refractivity (Wildman–Crippen MR) is 103 cm³/mol. The number of halogens is 1. The first kappa shape index (κ1) is 21.0. The van der Waals surface area contributed by atoms with Gasteiger partial charge in [0.1, 0.15) is 5.60 Å². The van der Waals surface area contributed by atoms with Crippen molar-refractivity contribution in [2.45, 2.75) is 45.0 Å². The number of carbonyl (C=O) groups excluding carboxylic acids is 1. The van der Waals surface area contributed by atoms with Gasteiger partial charge in [0, 0.05) is 24.7 Å². The maximum Gasteiger partial charge on any atom is 0.410 e. The van der Waals surface area contributed by atoms with Crippen molar-refractivity contribution in [1.29, 1.82) is 0 Å². The minimum Gasteiger partial charge on any atom is -0.444 e. The molecule has 0 radical (unpaired) electrons. The van der Waals surface area contributed by atoms with Crippen LogP contribution < -0.4 is 4.72 Å². The maximum absolute atomic E-state index is 12.3. The first-order chi connectivity index (χ1) is 12.0. The molecular formula is C18H27ClN2O4S. The van der Waals surface area contributed by atoms with Gasteiger partial charge in [0.15, 0.2) is 0 Å². The summed E-state index contributed by atoms with van der Waals surface area (Å²) >= 11 is 5.82. The average Bonchev–Trinajstić information content (AvgIpc) is 2.54. The molecule has 146 valence electrons. The molecule has 0 saturated carbocycles. The van der Waals surface area contributed by atoms with E-state index in [2.05, 4.69) is 4.72 Å². The highest BCUT2D eigenvalue weighted by atomic mass is 35.5. The molecular weight excluding hydrogens is 376 g/mol. The number of hydrogen-bond donors (Lipinski definition) is 1. The molecule has 2 rings (SSSR count). The smallest absolute Gasteiger partial charge is 0.410 e. The van der Waals surface area contributed by atoms with Crippen LogP contribution in [0.25, 0.3) is 0 Å². The molecule has 1 amide bonds. The number of sulfonamides is 1. The highest BCUT2D eigenvalue weighted by Gasteiger charge is 2.28. The second-order valence-electron chi connectivity index (χ2n) is 7.67. The number of nitrogens with zero attached hydrogens (tertiary/aromatic N) is 1. The highest BCUT2D eigenvalue weighted by Crippen LogP contribution is 2.19. The number of amides is 1. The van der Waals surface area contributed by atoms with E-state index in [9.17, 15) is 13.2 Å². The third-order valence-electron chi connectivity index (χ3n) is 4.03. The van der Waals surface area contributed by atoms with Crippen LogP contribution in [0, 0.1) is 5.92 Å². The third kappa shape index (κ3) is 7.13. The number of benzene rings is 1. The molecule has 1 aliphatic heterocycles. The van der Waals surface area contributed by atoms with Crippen molar-refractivity contribution in [3.8, 4) is 0 Å². The molecule has 26 heavy (non-hydrogen) atoms. The van der Waals surface area contributed by atoms with E-state index in [-0.39, 0.29) is 17.8 Å². The Labute approximate surface area is 160 Å². The zero-order valence-electron chi connectivity index (χ0n) is 15.5. The van der Waals surface area contributed by atoms with Crippen molar-refractivity contribution in [3.05, 3.63) is 34.9 Å². The summed E-state index contributed by atoms with van der Waals surface area (Å²) in [4.78, 5) is 13.8. The predicted octanol–water partition coefficient (Wildman–Crippen LogP) is 3.41. The number of hydrogen-bond acceptors (Lipinski definition) is 4. The fraction of sp³-hybridized carbons (Fsp3) is 0.611. The molecule has 0 aliphatic carbocycles. The average molecular weight is 403 g/mol. The van der Waals surface area contributed by atoms with Gasteiger partial charge in [-0.1, -0.05) is 23.7 Å². The van der Waals surface area contributed by atoms with Crippen LogP contribution in [-0.4, -0.2) is 44.6 Å². The van der Waals surface area contributed by atoms with Gasteiger partial charge in [-0.15, -0.1) is 0 Å². The molecule has 1 fully saturated rings. The van der Waals surface area contributed by atoms with Gasteiger partial charge in [-0.2, -0.15) is 0 Å². The minimum absolute atomic E-state index is 0.0799. The van der Waals surface area contributed by atoms with E-state index in [4.69, 9.17) is 16.3 Å². The molecule has 0 unspecified atom stereocenters. The molecule has 1 heterocycles. The molecule has 0 spiro atoms. The number of piperidine rings is 1. The molecule has 1 aliphatic rings. The number of carbonyl (C=O) groups is 1. The first-order valence-corrected chi connectivity index (χ1v) is 10.8.